The third kappa shape index (κ3) is 3.62. The minimum Gasteiger partial charge on any atom is -0.271 e. The van der Waals surface area contributed by atoms with Crippen molar-refractivity contribution in [1.29, 1.82) is 0 Å². The van der Waals surface area contributed by atoms with Crippen LogP contribution in [0.3, 0.4) is 0 Å². The van der Waals surface area contributed by atoms with Crippen LogP contribution in [0.5, 0.6) is 0 Å². The number of aryl methyl sites for hydroxylation is 2. The third-order valence-electron chi connectivity index (χ3n) is 3.16. The van der Waals surface area contributed by atoms with E-state index in [0.717, 1.165) is 29.6 Å². The first-order valence-corrected chi connectivity index (χ1v) is 7.06. The molecule has 0 saturated carbocycles. The first kappa shape index (κ1) is 14.2. The van der Waals surface area contributed by atoms with E-state index in [1.807, 2.05) is 13.1 Å². The van der Waals surface area contributed by atoms with Gasteiger partial charge in [-0.25, -0.2) is 4.68 Å². The Hall–Kier alpha value is -1.24. The van der Waals surface area contributed by atoms with Gasteiger partial charge in [0.1, 0.15) is 0 Å². The van der Waals surface area contributed by atoms with Crippen LogP contribution >= 0.6 is 15.9 Å². The quantitative estimate of drug-likeness (QED) is 0.631. The van der Waals surface area contributed by atoms with Crippen molar-refractivity contribution in [1.82, 2.24) is 20.4 Å². The lowest BCUT2D eigenvalue weighted by Gasteiger charge is -2.16. The maximum atomic E-state index is 5.64. The number of nitrogens with zero attached hydrogens (tertiary/aromatic N) is 3. The number of hydrazine groups is 1. The van der Waals surface area contributed by atoms with E-state index in [1.54, 1.807) is 4.68 Å². The van der Waals surface area contributed by atoms with Crippen LogP contribution in [0.1, 0.15) is 30.1 Å². The Bertz CT molecular complexity index is 492. The van der Waals surface area contributed by atoms with Gasteiger partial charge in [0.15, 0.2) is 4.60 Å². The predicted octanol–water partition coefficient (Wildman–Crippen LogP) is 2.10. The molecule has 0 bridgehead atoms. The summed E-state index contributed by atoms with van der Waals surface area (Å²) in [6.45, 7) is 0. The molecule has 1 atom stereocenters. The number of aromatic nitrogens is 3. The van der Waals surface area contributed by atoms with Crippen LogP contribution in [0.2, 0.25) is 0 Å². The minimum absolute atomic E-state index is 0.0538. The average molecular weight is 324 g/mol. The lowest BCUT2D eigenvalue weighted by molar-refractivity contribution is 0.465. The summed E-state index contributed by atoms with van der Waals surface area (Å²) in [4.78, 5) is 0. The van der Waals surface area contributed by atoms with Crippen LogP contribution < -0.4 is 11.3 Å². The zero-order chi connectivity index (χ0) is 13.7. The molecule has 1 aromatic heterocycles. The van der Waals surface area contributed by atoms with Gasteiger partial charge in [0.25, 0.3) is 0 Å². The van der Waals surface area contributed by atoms with E-state index in [0.29, 0.717) is 0 Å². The number of hydrogen-bond acceptors (Lipinski definition) is 4. The van der Waals surface area contributed by atoms with Gasteiger partial charge in [0.05, 0.1) is 11.7 Å². The van der Waals surface area contributed by atoms with E-state index in [2.05, 4.69) is 55.9 Å². The summed E-state index contributed by atoms with van der Waals surface area (Å²) < 4.78 is 2.49. The maximum absolute atomic E-state index is 5.64. The standard InChI is InChI=1S/C13H18BrN5/c1-19-12(13(14)17-18-19)11(16-15)9-5-8-10-6-3-2-4-7-10/h2-4,6-7,11,16H,5,8-9,15H2,1H3. The largest absolute Gasteiger partial charge is 0.271 e. The molecule has 0 saturated heterocycles. The van der Waals surface area contributed by atoms with Crippen molar-refractivity contribution >= 4 is 15.9 Å². The molecular formula is C13H18BrN5. The molecule has 102 valence electrons. The highest BCUT2D eigenvalue weighted by atomic mass is 79.9. The van der Waals surface area contributed by atoms with Gasteiger partial charge in [-0.2, -0.15) is 0 Å². The molecule has 0 aliphatic carbocycles. The Labute approximate surface area is 121 Å². The molecule has 1 heterocycles. The van der Waals surface area contributed by atoms with Gasteiger partial charge in [-0.15, -0.1) is 5.10 Å². The number of hydrogen-bond donors (Lipinski definition) is 2. The van der Waals surface area contributed by atoms with Gasteiger partial charge < -0.3 is 0 Å². The predicted molar refractivity (Wildman–Crippen MR) is 78.1 cm³/mol. The molecule has 1 aromatic carbocycles. The molecule has 2 aromatic rings. The Morgan fingerprint density at radius 1 is 1.37 bits per heavy atom. The number of rotatable bonds is 6. The maximum Gasteiger partial charge on any atom is 0.153 e. The first-order chi connectivity index (χ1) is 9.22. The van der Waals surface area contributed by atoms with Crippen molar-refractivity contribution < 1.29 is 0 Å². The van der Waals surface area contributed by atoms with Crippen LogP contribution in [0, 0.1) is 0 Å². The zero-order valence-corrected chi connectivity index (χ0v) is 12.5. The fraction of sp³-hybridized carbons (Fsp3) is 0.385. The van der Waals surface area contributed by atoms with Crippen molar-refractivity contribution in [2.75, 3.05) is 0 Å². The first-order valence-electron chi connectivity index (χ1n) is 6.27. The summed E-state index contributed by atoms with van der Waals surface area (Å²) in [5, 5.41) is 7.96. The Morgan fingerprint density at radius 2 is 2.11 bits per heavy atom. The van der Waals surface area contributed by atoms with E-state index in [4.69, 9.17) is 5.84 Å². The third-order valence-corrected chi connectivity index (χ3v) is 3.72. The molecule has 0 amide bonds. The number of benzene rings is 1. The second kappa shape index (κ2) is 6.79. The van der Waals surface area contributed by atoms with Crippen molar-refractivity contribution in [3.05, 3.63) is 46.2 Å². The van der Waals surface area contributed by atoms with Crippen molar-refractivity contribution in [2.24, 2.45) is 12.9 Å². The van der Waals surface area contributed by atoms with E-state index < -0.39 is 0 Å². The van der Waals surface area contributed by atoms with E-state index in [9.17, 15) is 0 Å². The summed E-state index contributed by atoms with van der Waals surface area (Å²) in [7, 11) is 1.87. The van der Waals surface area contributed by atoms with E-state index in [-0.39, 0.29) is 6.04 Å². The van der Waals surface area contributed by atoms with Crippen LogP contribution in [-0.4, -0.2) is 15.0 Å². The number of nitrogens with one attached hydrogen (secondary N) is 1. The van der Waals surface area contributed by atoms with Crippen molar-refractivity contribution in [2.45, 2.75) is 25.3 Å². The summed E-state index contributed by atoms with van der Waals surface area (Å²) in [5.41, 5.74) is 5.17. The monoisotopic (exact) mass is 323 g/mol. The van der Waals surface area contributed by atoms with Gasteiger partial charge in [0.2, 0.25) is 0 Å². The topological polar surface area (TPSA) is 68.8 Å². The SMILES string of the molecule is Cn1nnc(Br)c1C(CCCc1ccccc1)NN. The van der Waals surface area contributed by atoms with Crippen molar-refractivity contribution in [3.8, 4) is 0 Å². The second-order valence-electron chi connectivity index (χ2n) is 4.49. The molecule has 3 N–H and O–H groups in total. The molecule has 0 fully saturated rings. The molecule has 0 radical (unpaired) electrons. The Morgan fingerprint density at radius 3 is 2.68 bits per heavy atom. The fourth-order valence-corrected chi connectivity index (χ4v) is 2.77. The molecule has 6 heteroatoms. The van der Waals surface area contributed by atoms with Crippen molar-refractivity contribution in [3.63, 3.8) is 0 Å². The summed E-state index contributed by atoms with van der Waals surface area (Å²) in [6.07, 6.45) is 3.03. The molecule has 0 aliphatic heterocycles. The molecule has 0 aliphatic rings. The summed E-state index contributed by atoms with van der Waals surface area (Å²) in [5.74, 6) is 5.64. The normalized spacial score (nSPS) is 12.6. The molecular weight excluding hydrogens is 306 g/mol. The second-order valence-corrected chi connectivity index (χ2v) is 5.24. The van der Waals surface area contributed by atoms with Crippen LogP contribution in [-0.2, 0) is 13.5 Å². The lowest BCUT2D eigenvalue weighted by atomic mass is 10.0. The summed E-state index contributed by atoms with van der Waals surface area (Å²) in [6, 6.07) is 10.5. The van der Waals surface area contributed by atoms with Gasteiger partial charge in [-0.1, -0.05) is 35.5 Å². The smallest absolute Gasteiger partial charge is 0.153 e. The Kier molecular flexibility index (Phi) is 5.07. The van der Waals surface area contributed by atoms with Crippen LogP contribution in [0.15, 0.2) is 34.9 Å². The highest BCUT2D eigenvalue weighted by Gasteiger charge is 2.18. The number of nitrogens with two attached hydrogens (primary N) is 1. The molecule has 5 nitrogen and oxygen atoms in total. The molecule has 1 unspecified atom stereocenters. The van der Waals surface area contributed by atoms with E-state index >= 15 is 0 Å². The van der Waals surface area contributed by atoms with Gasteiger partial charge >= 0.3 is 0 Å². The summed E-state index contributed by atoms with van der Waals surface area (Å²) >= 11 is 3.41. The molecule has 19 heavy (non-hydrogen) atoms. The molecule has 2 rings (SSSR count). The minimum atomic E-state index is 0.0538. The zero-order valence-electron chi connectivity index (χ0n) is 10.9. The molecule has 0 spiro atoms. The number of halogens is 1. The van der Waals surface area contributed by atoms with Gasteiger partial charge in [-0.05, 0) is 40.8 Å². The average Bonchev–Trinajstić information content (AvgIpc) is 2.76. The van der Waals surface area contributed by atoms with Crippen LogP contribution in [0.4, 0.5) is 0 Å². The fourth-order valence-electron chi connectivity index (χ4n) is 2.16. The highest BCUT2D eigenvalue weighted by molar-refractivity contribution is 9.10. The van der Waals surface area contributed by atoms with Gasteiger partial charge in [0, 0.05) is 7.05 Å². The van der Waals surface area contributed by atoms with Crippen LogP contribution in [0.25, 0.3) is 0 Å². The van der Waals surface area contributed by atoms with E-state index in [1.165, 1.54) is 5.56 Å². The van der Waals surface area contributed by atoms with Gasteiger partial charge in [-0.3, -0.25) is 11.3 Å². The lowest BCUT2D eigenvalue weighted by Crippen LogP contribution is -2.30. The Balaban J connectivity index is 1.94. The highest BCUT2D eigenvalue weighted by Crippen LogP contribution is 2.24.